The summed E-state index contributed by atoms with van der Waals surface area (Å²) in [5.74, 6) is -0.257. The molecule has 0 aliphatic carbocycles. The molecule has 0 spiro atoms. The van der Waals surface area contributed by atoms with Crippen LogP contribution in [-0.2, 0) is 16.1 Å². The zero-order valence-electron chi connectivity index (χ0n) is 22.4. The predicted molar refractivity (Wildman–Crippen MR) is 164 cm³/mol. The lowest BCUT2D eigenvalue weighted by Crippen LogP contribution is -2.39. The van der Waals surface area contributed by atoms with E-state index < -0.39 is 12.0 Å². The van der Waals surface area contributed by atoms with E-state index in [2.05, 4.69) is 36.9 Å². The minimum Gasteiger partial charge on any atom is -0.487 e. The number of carbonyl (C=O) groups excluding carboxylic acids is 1. The molecular weight excluding hydrogens is 675 g/mol. The molecule has 1 aliphatic heterocycles. The first-order chi connectivity index (χ1) is 19.7. The molecule has 41 heavy (non-hydrogen) atoms. The van der Waals surface area contributed by atoms with Gasteiger partial charge in [-0.3, -0.25) is 9.36 Å². The van der Waals surface area contributed by atoms with Crippen LogP contribution < -0.4 is 19.6 Å². The van der Waals surface area contributed by atoms with Crippen LogP contribution >= 0.6 is 43.2 Å². The summed E-state index contributed by atoms with van der Waals surface area (Å²) in [6.45, 7) is 5.90. The number of halogens is 3. The summed E-state index contributed by atoms with van der Waals surface area (Å²) in [5, 5.41) is 0. The van der Waals surface area contributed by atoms with Crippen LogP contribution in [0.1, 0.15) is 42.1 Å². The lowest BCUT2D eigenvalue weighted by atomic mass is 9.95. The molecule has 210 valence electrons. The Hall–Kier alpha value is -3.34. The highest BCUT2D eigenvalue weighted by atomic mass is 79.9. The molecule has 0 saturated carbocycles. The van der Waals surface area contributed by atoms with E-state index in [-0.39, 0.29) is 24.6 Å². The smallest absolute Gasteiger partial charge is 0.338 e. The number of rotatable bonds is 7. The number of carbonyl (C=O) groups is 1. The van der Waals surface area contributed by atoms with Crippen molar-refractivity contribution in [3.63, 3.8) is 0 Å². The van der Waals surface area contributed by atoms with Gasteiger partial charge < -0.3 is 9.47 Å². The van der Waals surface area contributed by atoms with Gasteiger partial charge in [-0.1, -0.05) is 53.3 Å². The Kier molecular flexibility index (Phi) is 8.72. The van der Waals surface area contributed by atoms with E-state index in [0.29, 0.717) is 40.9 Å². The fraction of sp³-hybridized carbons (Fsp3) is 0.194. The Morgan fingerprint density at radius 3 is 2.46 bits per heavy atom. The molecule has 1 aliphatic rings. The van der Waals surface area contributed by atoms with Gasteiger partial charge in [0.25, 0.3) is 5.56 Å². The van der Waals surface area contributed by atoms with Gasteiger partial charge in [0.05, 0.1) is 37.4 Å². The van der Waals surface area contributed by atoms with Crippen molar-refractivity contribution in [1.82, 2.24) is 4.57 Å². The van der Waals surface area contributed by atoms with Crippen molar-refractivity contribution in [3.05, 3.63) is 129 Å². The maximum atomic E-state index is 13.9. The molecule has 10 heteroatoms. The van der Waals surface area contributed by atoms with Crippen molar-refractivity contribution in [2.45, 2.75) is 33.4 Å². The molecule has 6 nitrogen and oxygen atoms in total. The first-order valence-corrected chi connectivity index (χ1v) is 15.2. The number of esters is 1. The molecular formula is C31H25Br2FN2O4S. The Bertz CT molecular complexity index is 1840. The van der Waals surface area contributed by atoms with E-state index >= 15 is 0 Å². The molecule has 0 radical (unpaired) electrons. The lowest BCUT2D eigenvalue weighted by Gasteiger charge is -2.24. The van der Waals surface area contributed by atoms with Gasteiger partial charge in [-0.05, 0) is 99.7 Å². The SMILES string of the molecule is CCOC(=O)C1=C(C)N=c2s/c(=C/c3cc(Br)c(OCc4cccc(F)c4)c(Br)c3)c(=O)n2[C@@H]1c1ccc(C)cc1. The van der Waals surface area contributed by atoms with Crippen molar-refractivity contribution in [2.75, 3.05) is 6.61 Å². The molecule has 0 fully saturated rings. The summed E-state index contributed by atoms with van der Waals surface area (Å²) >= 11 is 8.38. The summed E-state index contributed by atoms with van der Waals surface area (Å²) < 4.78 is 28.2. The topological polar surface area (TPSA) is 69.9 Å². The first kappa shape index (κ1) is 29.2. The van der Waals surface area contributed by atoms with Crippen LogP contribution in [0.2, 0.25) is 0 Å². The van der Waals surface area contributed by atoms with Crippen molar-refractivity contribution in [3.8, 4) is 5.75 Å². The van der Waals surface area contributed by atoms with Crippen molar-refractivity contribution < 1.29 is 18.7 Å². The fourth-order valence-corrected chi connectivity index (χ4v) is 7.09. The standard InChI is InChI=1S/C31H25Br2FN2O4S/c1-4-39-30(38)26-18(3)35-31-36(27(26)21-10-8-17(2)9-11-21)29(37)25(41-31)15-20-13-23(32)28(24(33)14-20)40-16-19-6-5-7-22(34)12-19/h5-15,27H,4,16H2,1-3H3/b25-15+/t27-/m1/s1. The second-order valence-corrected chi connectivity index (χ2v) is 12.2. The molecule has 0 amide bonds. The van der Waals surface area contributed by atoms with Crippen LogP contribution in [0.4, 0.5) is 4.39 Å². The van der Waals surface area contributed by atoms with Crippen LogP contribution in [-0.4, -0.2) is 17.1 Å². The number of ether oxygens (including phenoxy) is 2. The van der Waals surface area contributed by atoms with E-state index in [1.54, 1.807) is 36.6 Å². The number of aryl methyl sites for hydroxylation is 1. The second kappa shape index (κ2) is 12.3. The summed E-state index contributed by atoms with van der Waals surface area (Å²) in [6.07, 6.45) is 1.78. The predicted octanol–water partition coefficient (Wildman–Crippen LogP) is 6.35. The normalized spacial score (nSPS) is 15.0. The highest BCUT2D eigenvalue weighted by Crippen LogP contribution is 2.36. The number of hydrogen-bond donors (Lipinski definition) is 0. The number of aromatic nitrogens is 1. The zero-order chi connectivity index (χ0) is 29.3. The van der Waals surface area contributed by atoms with Gasteiger partial charge in [0.1, 0.15) is 18.2 Å². The zero-order valence-corrected chi connectivity index (χ0v) is 26.4. The third kappa shape index (κ3) is 6.14. The largest absolute Gasteiger partial charge is 0.487 e. The number of nitrogens with zero attached hydrogens (tertiary/aromatic N) is 2. The maximum absolute atomic E-state index is 13.9. The van der Waals surface area contributed by atoms with Crippen molar-refractivity contribution in [1.29, 1.82) is 0 Å². The number of benzene rings is 3. The minimum atomic E-state index is -0.662. The first-order valence-electron chi connectivity index (χ1n) is 12.8. The van der Waals surface area contributed by atoms with Crippen LogP contribution in [0.15, 0.2) is 90.7 Å². The Labute approximate surface area is 256 Å². The highest BCUT2D eigenvalue weighted by molar-refractivity contribution is 9.11. The monoisotopic (exact) mass is 698 g/mol. The Morgan fingerprint density at radius 1 is 1.10 bits per heavy atom. The molecule has 0 N–H and O–H groups in total. The third-order valence-corrected chi connectivity index (χ3v) is 8.66. The summed E-state index contributed by atoms with van der Waals surface area (Å²) in [7, 11) is 0. The number of thiazole rings is 1. The molecule has 4 aromatic rings. The van der Waals surface area contributed by atoms with Crippen molar-refractivity contribution >= 4 is 55.2 Å². The Balaban J connectivity index is 1.55. The van der Waals surface area contributed by atoms with Gasteiger partial charge in [0.2, 0.25) is 0 Å². The lowest BCUT2D eigenvalue weighted by molar-refractivity contribution is -0.139. The average molecular weight is 700 g/mol. The van der Waals surface area contributed by atoms with E-state index in [1.807, 2.05) is 43.3 Å². The number of fused-ring (bicyclic) bond motifs is 1. The molecule has 3 aromatic carbocycles. The second-order valence-electron chi connectivity index (χ2n) is 9.45. The summed E-state index contributed by atoms with van der Waals surface area (Å²) in [5.41, 5.74) is 3.93. The molecule has 0 saturated heterocycles. The van der Waals surface area contributed by atoms with Crippen LogP contribution in [0, 0.1) is 12.7 Å². The van der Waals surface area contributed by atoms with Crippen molar-refractivity contribution in [2.24, 2.45) is 4.99 Å². The summed E-state index contributed by atoms with van der Waals surface area (Å²) in [4.78, 5) is 32.0. The van der Waals surface area contributed by atoms with E-state index in [4.69, 9.17) is 9.47 Å². The minimum absolute atomic E-state index is 0.189. The van der Waals surface area contributed by atoms with Gasteiger partial charge in [0, 0.05) is 0 Å². The van der Waals surface area contributed by atoms with Crippen LogP contribution in [0.5, 0.6) is 5.75 Å². The molecule has 5 rings (SSSR count). The highest BCUT2D eigenvalue weighted by Gasteiger charge is 2.33. The van der Waals surface area contributed by atoms with Gasteiger partial charge in [0.15, 0.2) is 4.80 Å². The van der Waals surface area contributed by atoms with Gasteiger partial charge in [-0.2, -0.15) is 0 Å². The fourth-order valence-electron chi connectivity index (χ4n) is 4.59. The average Bonchev–Trinajstić information content (AvgIpc) is 3.22. The van der Waals surface area contributed by atoms with E-state index in [0.717, 1.165) is 16.7 Å². The van der Waals surface area contributed by atoms with E-state index in [9.17, 15) is 14.0 Å². The molecule has 1 aromatic heterocycles. The molecule has 0 bridgehead atoms. The number of allylic oxidation sites excluding steroid dienone is 1. The Morgan fingerprint density at radius 2 is 1.80 bits per heavy atom. The molecule has 1 atom stereocenters. The quantitative estimate of drug-likeness (QED) is 0.211. The molecule has 2 heterocycles. The van der Waals surface area contributed by atoms with Crippen LogP contribution in [0.25, 0.3) is 6.08 Å². The van der Waals surface area contributed by atoms with E-state index in [1.165, 1.54) is 23.5 Å². The summed E-state index contributed by atoms with van der Waals surface area (Å²) in [6, 6.07) is 17.0. The van der Waals surface area contributed by atoms with Gasteiger partial charge in [-0.25, -0.2) is 14.2 Å². The van der Waals surface area contributed by atoms with Gasteiger partial charge in [-0.15, -0.1) is 0 Å². The van der Waals surface area contributed by atoms with Crippen LogP contribution in [0.3, 0.4) is 0 Å². The maximum Gasteiger partial charge on any atom is 0.338 e. The third-order valence-electron chi connectivity index (χ3n) is 6.50. The number of hydrogen-bond acceptors (Lipinski definition) is 6. The van der Waals surface area contributed by atoms with Gasteiger partial charge >= 0.3 is 5.97 Å². The molecule has 0 unspecified atom stereocenters.